The van der Waals surface area contributed by atoms with Gasteiger partial charge in [0.05, 0.1) is 6.61 Å². The highest BCUT2D eigenvalue weighted by Gasteiger charge is 2.31. The molecule has 0 bridgehead atoms. The van der Waals surface area contributed by atoms with Gasteiger partial charge >= 0.3 is 5.97 Å². The van der Waals surface area contributed by atoms with E-state index in [9.17, 15) is 9.59 Å². The first kappa shape index (κ1) is 12.5. The van der Waals surface area contributed by atoms with Crippen LogP contribution in [0.1, 0.15) is 26.3 Å². The Kier molecular flexibility index (Phi) is 3.52. The predicted octanol–water partition coefficient (Wildman–Crippen LogP) is 1.45. The molecular formula is C12H17NO3. The number of ether oxygens (including phenoxy) is 1. The zero-order valence-corrected chi connectivity index (χ0v) is 10.1. The molecule has 0 unspecified atom stereocenters. The van der Waals surface area contributed by atoms with E-state index in [2.05, 4.69) is 0 Å². The van der Waals surface area contributed by atoms with Crippen molar-refractivity contribution in [3.8, 4) is 0 Å². The summed E-state index contributed by atoms with van der Waals surface area (Å²) in [5, 5.41) is 0. The molecule has 0 aliphatic rings. The van der Waals surface area contributed by atoms with Crippen LogP contribution in [0.2, 0.25) is 0 Å². The van der Waals surface area contributed by atoms with Crippen molar-refractivity contribution >= 4 is 5.97 Å². The van der Waals surface area contributed by atoms with Crippen LogP contribution >= 0.6 is 0 Å². The van der Waals surface area contributed by atoms with Gasteiger partial charge in [-0.05, 0) is 39.3 Å². The molecule has 0 spiro atoms. The minimum Gasteiger partial charge on any atom is -0.464 e. The summed E-state index contributed by atoms with van der Waals surface area (Å²) in [5.74, 6) is -0.402. The lowest BCUT2D eigenvalue weighted by Gasteiger charge is -2.25. The Morgan fingerprint density at radius 1 is 1.50 bits per heavy atom. The van der Waals surface area contributed by atoms with Gasteiger partial charge in [0.25, 0.3) is 5.56 Å². The normalized spacial score (nSPS) is 11.2. The van der Waals surface area contributed by atoms with Crippen molar-refractivity contribution in [2.45, 2.75) is 33.2 Å². The fraction of sp³-hybridized carbons (Fsp3) is 0.500. The zero-order chi connectivity index (χ0) is 12.3. The minimum absolute atomic E-state index is 0.196. The molecule has 16 heavy (non-hydrogen) atoms. The summed E-state index contributed by atoms with van der Waals surface area (Å²) in [5.41, 5.74) is -0.292. The van der Waals surface area contributed by atoms with Gasteiger partial charge in [0.1, 0.15) is 5.54 Å². The van der Waals surface area contributed by atoms with Gasteiger partial charge in [-0.3, -0.25) is 9.36 Å². The summed E-state index contributed by atoms with van der Waals surface area (Å²) in [6.45, 7) is 7.22. The van der Waals surface area contributed by atoms with Gasteiger partial charge in [0.2, 0.25) is 0 Å². The number of aryl methyl sites for hydroxylation is 1. The van der Waals surface area contributed by atoms with Crippen LogP contribution in [0.3, 0.4) is 0 Å². The lowest BCUT2D eigenvalue weighted by molar-refractivity contribution is -0.152. The van der Waals surface area contributed by atoms with Gasteiger partial charge in [-0.1, -0.05) is 0 Å². The predicted molar refractivity (Wildman–Crippen MR) is 61.4 cm³/mol. The number of hydrogen-bond donors (Lipinski definition) is 0. The molecule has 0 saturated carbocycles. The Hall–Kier alpha value is -1.58. The van der Waals surface area contributed by atoms with E-state index in [4.69, 9.17) is 4.74 Å². The van der Waals surface area contributed by atoms with E-state index < -0.39 is 11.5 Å². The SMILES string of the molecule is CCOC(=O)C(C)(C)n1ccc(C)cc1=O. The molecule has 4 heteroatoms. The third kappa shape index (κ3) is 2.32. The molecule has 0 saturated heterocycles. The van der Waals surface area contributed by atoms with E-state index >= 15 is 0 Å². The van der Waals surface area contributed by atoms with Crippen molar-refractivity contribution in [3.63, 3.8) is 0 Å². The molecule has 1 aromatic heterocycles. The van der Waals surface area contributed by atoms with Crippen LogP contribution in [0, 0.1) is 6.92 Å². The molecule has 88 valence electrons. The monoisotopic (exact) mass is 223 g/mol. The maximum Gasteiger partial charge on any atom is 0.331 e. The van der Waals surface area contributed by atoms with E-state index in [1.165, 1.54) is 10.6 Å². The lowest BCUT2D eigenvalue weighted by Crippen LogP contribution is -2.43. The molecule has 0 N–H and O–H groups in total. The molecule has 0 aliphatic heterocycles. The van der Waals surface area contributed by atoms with E-state index in [1.54, 1.807) is 33.0 Å². The van der Waals surface area contributed by atoms with Gasteiger partial charge in [-0.2, -0.15) is 0 Å². The van der Waals surface area contributed by atoms with Crippen molar-refractivity contribution in [1.29, 1.82) is 0 Å². The maximum atomic E-state index is 11.8. The van der Waals surface area contributed by atoms with Gasteiger partial charge in [0.15, 0.2) is 0 Å². The average Bonchev–Trinajstić information content (AvgIpc) is 2.17. The Labute approximate surface area is 94.9 Å². The Bertz CT molecular complexity index is 446. The van der Waals surface area contributed by atoms with Crippen LogP contribution in [-0.2, 0) is 15.1 Å². The molecule has 1 aromatic rings. The molecule has 0 amide bonds. The van der Waals surface area contributed by atoms with Crippen molar-refractivity contribution in [1.82, 2.24) is 4.57 Å². The molecule has 0 aromatic carbocycles. The van der Waals surface area contributed by atoms with Crippen LogP contribution in [0.25, 0.3) is 0 Å². The van der Waals surface area contributed by atoms with Crippen molar-refractivity contribution in [2.24, 2.45) is 0 Å². The van der Waals surface area contributed by atoms with Gasteiger partial charge in [-0.25, -0.2) is 4.79 Å². The first-order valence-corrected chi connectivity index (χ1v) is 5.26. The standard InChI is InChI=1S/C12H17NO3/c1-5-16-11(15)12(3,4)13-7-6-9(2)8-10(13)14/h6-8H,5H2,1-4H3. The third-order valence-corrected chi connectivity index (χ3v) is 2.45. The van der Waals surface area contributed by atoms with Crippen LogP contribution in [0.5, 0.6) is 0 Å². The number of hydrogen-bond acceptors (Lipinski definition) is 3. The number of esters is 1. The van der Waals surface area contributed by atoms with E-state index in [1.807, 2.05) is 6.92 Å². The summed E-state index contributed by atoms with van der Waals surface area (Å²) in [7, 11) is 0. The molecule has 4 nitrogen and oxygen atoms in total. The maximum absolute atomic E-state index is 11.8. The largest absolute Gasteiger partial charge is 0.464 e. The molecular weight excluding hydrogens is 206 g/mol. The van der Waals surface area contributed by atoms with Crippen LogP contribution in [0.15, 0.2) is 23.1 Å². The second-order valence-electron chi connectivity index (χ2n) is 4.19. The summed E-state index contributed by atoms with van der Waals surface area (Å²) in [6, 6.07) is 3.29. The summed E-state index contributed by atoms with van der Waals surface area (Å²) in [6.07, 6.45) is 1.62. The van der Waals surface area contributed by atoms with E-state index in [0.717, 1.165) is 5.56 Å². The topological polar surface area (TPSA) is 48.3 Å². The number of pyridine rings is 1. The van der Waals surface area contributed by atoms with Crippen molar-refractivity contribution in [3.05, 3.63) is 34.2 Å². The Morgan fingerprint density at radius 3 is 2.62 bits per heavy atom. The number of carbonyl (C=O) groups is 1. The number of nitrogens with zero attached hydrogens (tertiary/aromatic N) is 1. The number of rotatable bonds is 3. The highest BCUT2D eigenvalue weighted by atomic mass is 16.5. The summed E-state index contributed by atoms with van der Waals surface area (Å²) < 4.78 is 6.33. The minimum atomic E-state index is -0.971. The molecule has 0 aliphatic carbocycles. The second kappa shape index (κ2) is 4.51. The van der Waals surface area contributed by atoms with Gasteiger partial charge in [-0.15, -0.1) is 0 Å². The quantitative estimate of drug-likeness (QED) is 0.729. The third-order valence-electron chi connectivity index (χ3n) is 2.45. The molecule has 1 rings (SSSR count). The number of carbonyl (C=O) groups excluding carboxylic acids is 1. The smallest absolute Gasteiger partial charge is 0.331 e. The van der Waals surface area contributed by atoms with Crippen LogP contribution in [0.4, 0.5) is 0 Å². The highest BCUT2D eigenvalue weighted by molar-refractivity contribution is 5.77. The fourth-order valence-corrected chi connectivity index (χ4v) is 1.45. The Balaban J connectivity index is 3.16. The van der Waals surface area contributed by atoms with Crippen molar-refractivity contribution < 1.29 is 9.53 Å². The van der Waals surface area contributed by atoms with Crippen LogP contribution in [-0.4, -0.2) is 17.1 Å². The zero-order valence-electron chi connectivity index (χ0n) is 10.1. The number of aromatic nitrogens is 1. The lowest BCUT2D eigenvalue weighted by atomic mass is 10.1. The van der Waals surface area contributed by atoms with Gasteiger partial charge < -0.3 is 4.74 Å². The molecule has 1 heterocycles. The van der Waals surface area contributed by atoms with Crippen molar-refractivity contribution in [2.75, 3.05) is 6.61 Å². The molecule has 0 radical (unpaired) electrons. The summed E-state index contributed by atoms with van der Waals surface area (Å²) >= 11 is 0. The average molecular weight is 223 g/mol. The highest BCUT2D eigenvalue weighted by Crippen LogP contribution is 2.14. The fourth-order valence-electron chi connectivity index (χ4n) is 1.45. The molecule has 0 fully saturated rings. The molecule has 0 atom stereocenters. The van der Waals surface area contributed by atoms with Crippen LogP contribution < -0.4 is 5.56 Å². The first-order valence-electron chi connectivity index (χ1n) is 5.26. The van der Waals surface area contributed by atoms with Gasteiger partial charge in [0, 0.05) is 12.3 Å². The van der Waals surface area contributed by atoms with E-state index in [-0.39, 0.29) is 5.56 Å². The Morgan fingerprint density at radius 2 is 2.12 bits per heavy atom. The summed E-state index contributed by atoms with van der Waals surface area (Å²) in [4.78, 5) is 23.5. The first-order chi connectivity index (χ1) is 7.39. The second-order valence-corrected chi connectivity index (χ2v) is 4.19. The van der Waals surface area contributed by atoms with E-state index in [0.29, 0.717) is 6.61 Å².